The Balaban J connectivity index is 5.43. The fraction of sp³-hybridized carbons (Fsp3) is 0.737. The van der Waals surface area contributed by atoms with Gasteiger partial charge in [-0.3, -0.25) is 19.2 Å². The van der Waals surface area contributed by atoms with Gasteiger partial charge in [0, 0.05) is 0 Å². The first-order valence-electron chi connectivity index (χ1n) is 10.8. The van der Waals surface area contributed by atoms with Crippen molar-refractivity contribution in [3.63, 3.8) is 0 Å². The van der Waals surface area contributed by atoms with Crippen LogP contribution in [0.25, 0.3) is 0 Å². The summed E-state index contributed by atoms with van der Waals surface area (Å²) in [6, 6.07) is -5.11. The zero-order chi connectivity index (χ0) is 25.4. The van der Waals surface area contributed by atoms with Gasteiger partial charge in [0.1, 0.15) is 24.2 Å². The molecule has 4 unspecified atom stereocenters. The summed E-state index contributed by atoms with van der Waals surface area (Å²) in [5, 5.41) is 25.4. The molecule has 0 saturated carbocycles. The smallest absolute Gasteiger partial charge is 0.326 e. The van der Waals surface area contributed by atoms with E-state index in [2.05, 4.69) is 16.0 Å². The predicted molar refractivity (Wildman–Crippen MR) is 118 cm³/mol. The molecule has 13 N–H and O–H groups in total. The highest BCUT2D eigenvalue weighted by Gasteiger charge is 2.30. The molecular formula is C19H37N7O7. The van der Waals surface area contributed by atoms with Crippen molar-refractivity contribution in [1.82, 2.24) is 16.0 Å². The van der Waals surface area contributed by atoms with Crippen LogP contribution >= 0.6 is 0 Å². The van der Waals surface area contributed by atoms with Crippen LogP contribution in [-0.2, 0) is 24.0 Å². The van der Waals surface area contributed by atoms with Crippen LogP contribution in [0.2, 0.25) is 0 Å². The Labute approximate surface area is 192 Å². The van der Waals surface area contributed by atoms with Crippen molar-refractivity contribution in [3.8, 4) is 0 Å². The van der Waals surface area contributed by atoms with Gasteiger partial charge in [-0.1, -0.05) is 0 Å². The molecule has 14 heteroatoms. The molecule has 0 aliphatic carbocycles. The first kappa shape index (κ1) is 30.2. The van der Waals surface area contributed by atoms with Crippen LogP contribution in [0.1, 0.15) is 44.9 Å². The Hall–Kier alpha value is -2.81. The number of rotatable bonds is 18. The van der Waals surface area contributed by atoms with E-state index in [4.69, 9.17) is 28.0 Å². The topological polar surface area (TPSA) is 266 Å². The molecule has 4 atom stereocenters. The van der Waals surface area contributed by atoms with Gasteiger partial charge in [0.05, 0.1) is 13.0 Å². The minimum atomic E-state index is -1.45. The Kier molecular flexibility index (Phi) is 15.3. The number of carboxylic acid groups (broad SMARTS) is 1. The Morgan fingerprint density at radius 2 is 1.18 bits per heavy atom. The minimum Gasteiger partial charge on any atom is -0.480 e. The standard InChI is InChI=1S/C19H37N7O7/c20-7-3-1-5-12(17(30)25-13(19(32)33)6-2-4-8-21)24-18(31)14(9-15(23)28)26-16(29)11(22)10-27/h11-14,27H,1-10,20-22H2,(H2,23,28)(H,24,31)(H,25,30)(H,26,29)(H,32,33). The Bertz CT molecular complexity index is 662. The van der Waals surface area contributed by atoms with E-state index in [9.17, 15) is 29.1 Å². The van der Waals surface area contributed by atoms with Crippen molar-refractivity contribution in [2.75, 3.05) is 19.7 Å². The maximum Gasteiger partial charge on any atom is 0.326 e. The molecule has 0 aliphatic rings. The maximum absolute atomic E-state index is 12.8. The summed E-state index contributed by atoms with van der Waals surface area (Å²) in [6.07, 6.45) is 1.77. The normalized spacial score (nSPS) is 14.4. The van der Waals surface area contributed by atoms with Crippen LogP contribution in [0, 0.1) is 0 Å². The van der Waals surface area contributed by atoms with Gasteiger partial charge in [-0.15, -0.1) is 0 Å². The van der Waals surface area contributed by atoms with Gasteiger partial charge in [-0.2, -0.15) is 0 Å². The molecule has 190 valence electrons. The summed E-state index contributed by atoms with van der Waals surface area (Å²) in [7, 11) is 0. The van der Waals surface area contributed by atoms with Crippen LogP contribution < -0.4 is 38.9 Å². The molecule has 0 saturated heterocycles. The summed E-state index contributed by atoms with van der Waals surface area (Å²) < 4.78 is 0. The van der Waals surface area contributed by atoms with Crippen molar-refractivity contribution in [2.24, 2.45) is 22.9 Å². The van der Waals surface area contributed by atoms with Crippen molar-refractivity contribution >= 4 is 29.6 Å². The molecule has 0 aromatic carbocycles. The van der Waals surface area contributed by atoms with Gasteiger partial charge in [-0.25, -0.2) is 4.79 Å². The molecule has 14 nitrogen and oxygen atoms in total. The van der Waals surface area contributed by atoms with Gasteiger partial charge in [-0.05, 0) is 51.6 Å². The van der Waals surface area contributed by atoms with E-state index in [1.807, 2.05) is 0 Å². The van der Waals surface area contributed by atoms with Crippen molar-refractivity contribution in [2.45, 2.75) is 69.1 Å². The number of aliphatic hydroxyl groups is 1. The Morgan fingerprint density at radius 1 is 0.727 bits per heavy atom. The summed E-state index contributed by atoms with van der Waals surface area (Å²) >= 11 is 0. The van der Waals surface area contributed by atoms with Gasteiger partial charge < -0.3 is 49.1 Å². The number of aliphatic carboxylic acids is 1. The van der Waals surface area contributed by atoms with E-state index in [0.29, 0.717) is 38.8 Å². The van der Waals surface area contributed by atoms with Crippen LogP contribution in [0.5, 0.6) is 0 Å². The van der Waals surface area contributed by atoms with Crippen molar-refractivity contribution in [3.05, 3.63) is 0 Å². The number of hydrogen-bond acceptors (Lipinski definition) is 9. The third-order valence-corrected chi connectivity index (χ3v) is 4.71. The van der Waals surface area contributed by atoms with Gasteiger partial charge in [0.25, 0.3) is 0 Å². The number of carbonyl (C=O) groups excluding carboxylic acids is 4. The molecule has 0 radical (unpaired) electrons. The number of unbranched alkanes of at least 4 members (excludes halogenated alkanes) is 2. The second-order valence-corrected chi connectivity index (χ2v) is 7.55. The maximum atomic E-state index is 12.8. The first-order valence-corrected chi connectivity index (χ1v) is 10.8. The third kappa shape index (κ3) is 12.7. The number of amides is 4. The second-order valence-electron chi connectivity index (χ2n) is 7.55. The highest BCUT2D eigenvalue weighted by atomic mass is 16.4. The van der Waals surface area contributed by atoms with Crippen molar-refractivity contribution < 1.29 is 34.2 Å². The average molecular weight is 476 g/mol. The molecule has 33 heavy (non-hydrogen) atoms. The number of primary amides is 1. The quantitative estimate of drug-likeness (QED) is 0.0866. The number of hydrogen-bond donors (Lipinski definition) is 9. The molecule has 0 fully saturated rings. The zero-order valence-electron chi connectivity index (χ0n) is 18.6. The van der Waals surface area contributed by atoms with E-state index in [-0.39, 0.29) is 12.8 Å². The number of carbonyl (C=O) groups is 5. The lowest BCUT2D eigenvalue weighted by atomic mass is 10.0. The van der Waals surface area contributed by atoms with E-state index in [1.54, 1.807) is 0 Å². The fourth-order valence-corrected chi connectivity index (χ4v) is 2.83. The summed E-state index contributed by atoms with van der Waals surface area (Å²) in [5.41, 5.74) is 21.4. The molecule has 0 aromatic heterocycles. The van der Waals surface area contributed by atoms with E-state index in [0.717, 1.165) is 0 Å². The number of nitrogens with one attached hydrogen (secondary N) is 3. The highest BCUT2D eigenvalue weighted by Crippen LogP contribution is 2.06. The Morgan fingerprint density at radius 3 is 1.64 bits per heavy atom. The highest BCUT2D eigenvalue weighted by molar-refractivity contribution is 5.96. The molecular weight excluding hydrogens is 438 g/mol. The van der Waals surface area contributed by atoms with Gasteiger partial charge in [0.2, 0.25) is 23.6 Å². The van der Waals surface area contributed by atoms with Crippen LogP contribution in [0.4, 0.5) is 0 Å². The molecule has 0 heterocycles. The van der Waals surface area contributed by atoms with Crippen LogP contribution in [0.3, 0.4) is 0 Å². The minimum absolute atomic E-state index is 0.136. The van der Waals surface area contributed by atoms with Gasteiger partial charge in [0.15, 0.2) is 0 Å². The molecule has 4 amide bonds. The number of aliphatic hydroxyl groups excluding tert-OH is 1. The zero-order valence-corrected chi connectivity index (χ0v) is 18.6. The largest absolute Gasteiger partial charge is 0.480 e. The van der Waals surface area contributed by atoms with Crippen LogP contribution in [0.15, 0.2) is 0 Å². The molecule has 0 aliphatic heterocycles. The molecule has 0 spiro atoms. The van der Waals surface area contributed by atoms with Crippen LogP contribution in [-0.4, -0.2) is 83.7 Å². The molecule has 0 aromatic rings. The lowest BCUT2D eigenvalue weighted by Gasteiger charge is -2.24. The number of nitrogens with two attached hydrogens (primary N) is 4. The van der Waals surface area contributed by atoms with E-state index >= 15 is 0 Å². The van der Waals surface area contributed by atoms with E-state index < -0.39 is 66.8 Å². The van der Waals surface area contributed by atoms with Gasteiger partial charge >= 0.3 is 5.97 Å². The average Bonchev–Trinajstić information content (AvgIpc) is 2.76. The predicted octanol–water partition coefficient (Wildman–Crippen LogP) is -4.02. The molecule has 0 bridgehead atoms. The third-order valence-electron chi connectivity index (χ3n) is 4.71. The van der Waals surface area contributed by atoms with E-state index in [1.165, 1.54) is 0 Å². The fourth-order valence-electron chi connectivity index (χ4n) is 2.83. The number of carboxylic acids is 1. The monoisotopic (exact) mass is 475 g/mol. The SMILES string of the molecule is NCCCCC(NC(=O)C(CCCCN)NC(=O)C(CC(N)=O)NC(=O)C(N)CO)C(=O)O. The van der Waals surface area contributed by atoms with Crippen molar-refractivity contribution in [1.29, 1.82) is 0 Å². The second kappa shape index (κ2) is 16.8. The lowest BCUT2D eigenvalue weighted by Crippen LogP contribution is -2.58. The first-order chi connectivity index (χ1) is 15.6. The summed E-state index contributed by atoms with van der Waals surface area (Å²) in [6.45, 7) is 0.0328. The molecule has 0 rings (SSSR count). The summed E-state index contributed by atoms with van der Waals surface area (Å²) in [4.78, 5) is 60.3. The summed E-state index contributed by atoms with van der Waals surface area (Å²) in [5.74, 6) is -4.66. The lowest BCUT2D eigenvalue weighted by molar-refractivity contribution is -0.142.